The molecule has 1 amide bonds. The summed E-state index contributed by atoms with van der Waals surface area (Å²) in [6.45, 7) is 6.99. The summed E-state index contributed by atoms with van der Waals surface area (Å²) in [7, 11) is 0. The minimum absolute atomic E-state index is 0.0658. The van der Waals surface area contributed by atoms with Gasteiger partial charge in [-0.25, -0.2) is 0 Å². The number of piperidine rings is 1. The fourth-order valence-electron chi connectivity index (χ4n) is 2.68. The van der Waals surface area contributed by atoms with E-state index in [0.29, 0.717) is 13.1 Å². The van der Waals surface area contributed by atoms with E-state index in [1.807, 2.05) is 36.9 Å². The maximum atomic E-state index is 12.5. The van der Waals surface area contributed by atoms with Crippen LogP contribution in [0.5, 0.6) is 0 Å². The highest BCUT2D eigenvalue weighted by atomic mass is 16.2. The van der Waals surface area contributed by atoms with Gasteiger partial charge in [0.05, 0.1) is 0 Å². The van der Waals surface area contributed by atoms with E-state index in [0.717, 1.165) is 29.5 Å². The van der Waals surface area contributed by atoms with Crippen LogP contribution in [-0.2, 0) is 4.79 Å². The zero-order chi connectivity index (χ0) is 14.0. The number of carbonyl (C=O) groups is 2. The lowest BCUT2D eigenvalue weighted by molar-refractivity contribution is -0.130. The van der Waals surface area contributed by atoms with Crippen molar-refractivity contribution in [2.45, 2.75) is 33.6 Å². The number of amides is 1. The highest BCUT2D eigenvalue weighted by Crippen LogP contribution is 2.24. The summed E-state index contributed by atoms with van der Waals surface area (Å²) in [6.07, 6.45) is 1.57. The molecular weight excluding hydrogens is 238 g/mol. The average Bonchev–Trinajstić information content (AvgIpc) is 2.41. The first-order chi connectivity index (χ1) is 8.99. The van der Waals surface area contributed by atoms with Crippen molar-refractivity contribution in [1.29, 1.82) is 0 Å². The quantitative estimate of drug-likeness (QED) is 0.766. The average molecular weight is 259 g/mol. The van der Waals surface area contributed by atoms with E-state index in [2.05, 4.69) is 0 Å². The Kier molecular flexibility index (Phi) is 4.03. The molecule has 1 fully saturated rings. The molecule has 1 aromatic carbocycles. The number of aryl methyl sites for hydroxylation is 2. The molecule has 3 heteroatoms. The Bertz CT molecular complexity index is 499. The van der Waals surface area contributed by atoms with Crippen LogP contribution in [0.15, 0.2) is 18.2 Å². The van der Waals surface area contributed by atoms with Crippen LogP contribution < -0.4 is 0 Å². The Morgan fingerprint density at radius 1 is 1.16 bits per heavy atom. The van der Waals surface area contributed by atoms with Gasteiger partial charge in [0.2, 0.25) is 5.91 Å². The molecule has 0 saturated carbocycles. The van der Waals surface area contributed by atoms with Crippen molar-refractivity contribution in [1.82, 2.24) is 4.90 Å². The first-order valence-electron chi connectivity index (χ1n) is 6.86. The third-order valence-electron chi connectivity index (χ3n) is 3.97. The van der Waals surface area contributed by atoms with Crippen molar-refractivity contribution in [2.75, 3.05) is 13.1 Å². The van der Waals surface area contributed by atoms with Gasteiger partial charge in [-0.1, -0.05) is 17.7 Å². The van der Waals surface area contributed by atoms with Gasteiger partial charge in [0.1, 0.15) is 0 Å². The van der Waals surface area contributed by atoms with Gasteiger partial charge in [-0.05, 0) is 38.3 Å². The van der Waals surface area contributed by atoms with Crippen LogP contribution in [0.25, 0.3) is 0 Å². The molecule has 0 unspecified atom stereocenters. The topological polar surface area (TPSA) is 37.4 Å². The van der Waals surface area contributed by atoms with Crippen molar-refractivity contribution >= 4 is 11.7 Å². The number of hydrogen-bond donors (Lipinski definition) is 0. The lowest BCUT2D eigenvalue weighted by Crippen LogP contribution is -2.39. The van der Waals surface area contributed by atoms with Crippen molar-refractivity contribution in [2.24, 2.45) is 5.92 Å². The van der Waals surface area contributed by atoms with Crippen LogP contribution in [0.3, 0.4) is 0 Å². The molecule has 2 rings (SSSR count). The molecule has 1 aromatic rings. The predicted molar refractivity (Wildman–Crippen MR) is 75.2 cm³/mol. The molecule has 1 saturated heterocycles. The predicted octanol–water partition coefficient (Wildman–Crippen LogP) is 2.74. The van der Waals surface area contributed by atoms with Crippen molar-refractivity contribution in [3.63, 3.8) is 0 Å². The van der Waals surface area contributed by atoms with Crippen LogP contribution in [-0.4, -0.2) is 29.7 Å². The van der Waals surface area contributed by atoms with Crippen molar-refractivity contribution in [3.8, 4) is 0 Å². The summed E-state index contributed by atoms with van der Waals surface area (Å²) in [6, 6.07) is 6.02. The number of likely N-dealkylation sites (tertiary alicyclic amines) is 1. The molecule has 1 aliphatic rings. The van der Waals surface area contributed by atoms with Crippen LogP contribution in [0.1, 0.15) is 41.3 Å². The molecule has 0 aromatic heterocycles. The van der Waals surface area contributed by atoms with Crippen LogP contribution in [0.2, 0.25) is 0 Å². The second-order valence-electron chi connectivity index (χ2n) is 5.46. The summed E-state index contributed by atoms with van der Waals surface area (Å²) in [5.74, 6) is 0.415. The van der Waals surface area contributed by atoms with E-state index < -0.39 is 0 Å². The molecule has 1 heterocycles. The first-order valence-corrected chi connectivity index (χ1v) is 6.86. The van der Waals surface area contributed by atoms with E-state index in [9.17, 15) is 9.59 Å². The summed E-state index contributed by atoms with van der Waals surface area (Å²) in [5, 5.41) is 0. The molecule has 102 valence electrons. The molecule has 3 nitrogen and oxygen atoms in total. The maximum Gasteiger partial charge on any atom is 0.219 e. The van der Waals surface area contributed by atoms with Crippen LogP contribution in [0, 0.1) is 19.8 Å². The van der Waals surface area contributed by atoms with Crippen molar-refractivity contribution < 1.29 is 9.59 Å². The Morgan fingerprint density at radius 3 is 2.37 bits per heavy atom. The fraction of sp³-hybridized carbons (Fsp3) is 0.500. The Balaban J connectivity index is 2.09. The maximum absolute atomic E-state index is 12.5. The molecule has 1 aliphatic heterocycles. The number of Topliss-reactive ketones (excluding diaryl/α,β-unsaturated/α-hetero) is 1. The summed E-state index contributed by atoms with van der Waals surface area (Å²) in [4.78, 5) is 25.7. The number of benzene rings is 1. The monoisotopic (exact) mass is 259 g/mol. The second kappa shape index (κ2) is 5.55. The van der Waals surface area contributed by atoms with E-state index in [1.54, 1.807) is 6.92 Å². The third-order valence-corrected chi connectivity index (χ3v) is 3.97. The van der Waals surface area contributed by atoms with E-state index in [4.69, 9.17) is 0 Å². The zero-order valence-corrected chi connectivity index (χ0v) is 11.9. The minimum Gasteiger partial charge on any atom is -0.343 e. The standard InChI is InChI=1S/C16H21NO2/c1-11-4-5-12(2)15(10-11)16(19)14-6-8-17(9-7-14)13(3)18/h4-5,10,14H,6-9H2,1-3H3. The fourth-order valence-corrected chi connectivity index (χ4v) is 2.68. The van der Waals surface area contributed by atoms with E-state index in [-0.39, 0.29) is 17.6 Å². The van der Waals surface area contributed by atoms with Crippen molar-refractivity contribution in [3.05, 3.63) is 34.9 Å². The summed E-state index contributed by atoms with van der Waals surface area (Å²) < 4.78 is 0. The van der Waals surface area contributed by atoms with Gasteiger partial charge >= 0.3 is 0 Å². The SMILES string of the molecule is CC(=O)N1CCC(C(=O)c2cc(C)ccc2C)CC1. The van der Waals surface area contributed by atoms with E-state index >= 15 is 0 Å². The highest BCUT2D eigenvalue weighted by Gasteiger charge is 2.27. The first kappa shape index (κ1) is 13.8. The normalized spacial score (nSPS) is 16.5. The summed E-state index contributed by atoms with van der Waals surface area (Å²) in [5.41, 5.74) is 3.01. The molecule has 0 N–H and O–H groups in total. The molecular formula is C16H21NO2. The smallest absolute Gasteiger partial charge is 0.219 e. The number of ketones is 1. The van der Waals surface area contributed by atoms with Gasteiger partial charge in [0.25, 0.3) is 0 Å². The molecule has 0 radical (unpaired) electrons. The molecule has 19 heavy (non-hydrogen) atoms. The van der Waals surface area contributed by atoms with Gasteiger partial charge in [-0.2, -0.15) is 0 Å². The van der Waals surface area contributed by atoms with Gasteiger partial charge in [0, 0.05) is 31.5 Å². The number of nitrogens with zero attached hydrogens (tertiary/aromatic N) is 1. The minimum atomic E-state index is 0.0658. The zero-order valence-electron chi connectivity index (χ0n) is 11.9. The number of carbonyl (C=O) groups excluding carboxylic acids is 2. The lowest BCUT2D eigenvalue weighted by atomic mass is 9.87. The lowest BCUT2D eigenvalue weighted by Gasteiger charge is -2.30. The Labute approximate surface area is 114 Å². The largest absolute Gasteiger partial charge is 0.343 e. The summed E-state index contributed by atoms with van der Waals surface area (Å²) >= 11 is 0. The second-order valence-corrected chi connectivity index (χ2v) is 5.46. The Morgan fingerprint density at radius 2 is 1.79 bits per heavy atom. The molecule has 0 aliphatic carbocycles. The van der Waals surface area contributed by atoms with Gasteiger partial charge in [0.15, 0.2) is 5.78 Å². The van der Waals surface area contributed by atoms with Gasteiger partial charge < -0.3 is 4.90 Å². The molecule has 0 spiro atoms. The van der Waals surface area contributed by atoms with Gasteiger partial charge in [-0.15, -0.1) is 0 Å². The number of rotatable bonds is 2. The third kappa shape index (κ3) is 3.03. The highest BCUT2D eigenvalue weighted by molar-refractivity contribution is 5.99. The van der Waals surface area contributed by atoms with Crippen LogP contribution >= 0.6 is 0 Å². The Hall–Kier alpha value is -1.64. The van der Waals surface area contributed by atoms with E-state index in [1.165, 1.54) is 0 Å². The molecule has 0 atom stereocenters. The molecule has 0 bridgehead atoms. The van der Waals surface area contributed by atoms with Gasteiger partial charge in [-0.3, -0.25) is 9.59 Å². The number of hydrogen-bond acceptors (Lipinski definition) is 2. The van der Waals surface area contributed by atoms with Crippen LogP contribution in [0.4, 0.5) is 0 Å².